The second kappa shape index (κ2) is 5.60. The maximum absolute atomic E-state index is 5.90. The van der Waals surface area contributed by atoms with E-state index in [2.05, 4.69) is 18.3 Å². The summed E-state index contributed by atoms with van der Waals surface area (Å²) in [6, 6.07) is 6.86. The number of nitrogens with one attached hydrogen (secondary N) is 1. The summed E-state index contributed by atoms with van der Waals surface area (Å²) in [4.78, 5) is 1.33. The van der Waals surface area contributed by atoms with E-state index in [0.717, 1.165) is 11.4 Å². The third kappa shape index (κ3) is 2.92. The minimum absolute atomic E-state index is 0.680. The maximum Gasteiger partial charge on any atom is 0.0354 e. The van der Waals surface area contributed by atoms with Gasteiger partial charge in [-0.15, -0.1) is 11.8 Å². The Hall–Kier alpha value is -0.670. The lowest BCUT2D eigenvalue weighted by atomic mass is 10.1. The van der Waals surface area contributed by atoms with Crippen LogP contribution in [0.5, 0.6) is 0 Å². The van der Waals surface area contributed by atoms with Gasteiger partial charge < -0.3 is 11.1 Å². The first-order valence-corrected chi connectivity index (χ1v) is 6.97. The highest BCUT2D eigenvalue weighted by molar-refractivity contribution is 7.99. The number of hydrogen-bond donors (Lipinski definition) is 2. The molecule has 1 unspecified atom stereocenters. The first-order chi connectivity index (χ1) is 7.77. The van der Waals surface area contributed by atoms with Gasteiger partial charge in [0.05, 0.1) is 0 Å². The van der Waals surface area contributed by atoms with Gasteiger partial charge in [-0.2, -0.15) is 0 Å². The van der Waals surface area contributed by atoms with Gasteiger partial charge in [0, 0.05) is 22.4 Å². The fourth-order valence-electron chi connectivity index (χ4n) is 2.04. The summed E-state index contributed by atoms with van der Waals surface area (Å²) in [6.45, 7) is 3.28. The number of thioether (sulfide) groups is 1. The van der Waals surface area contributed by atoms with E-state index < -0.39 is 0 Å². The summed E-state index contributed by atoms with van der Waals surface area (Å²) < 4.78 is 0. The number of nitrogens with two attached hydrogens (primary N) is 1. The molecule has 1 aromatic rings. The molecule has 0 bridgehead atoms. The van der Waals surface area contributed by atoms with Crippen LogP contribution in [0.2, 0.25) is 0 Å². The van der Waals surface area contributed by atoms with Gasteiger partial charge >= 0.3 is 0 Å². The van der Waals surface area contributed by atoms with Crippen LogP contribution in [-0.4, -0.2) is 18.3 Å². The minimum Gasteiger partial charge on any atom is -0.398 e. The van der Waals surface area contributed by atoms with Crippen molar-refractivity contribution in [2.75, 3.05) is 18.0 Å². The molecule has 0 saturated carbocycles. The van der Waals surface area contributed by atoms with Crippen LogP contribution in [-0.2, 0) is 0 Å². The molecule has 3 heteroatoms. The molecule has 88 valence electrons. The molecule has 0 radical (unpaired) electrons. The molecule has 1 aliphatic rings. The summed E-state index contributed by atoms with van der Waals surface area (Å²) in [6.07, 6.45) is 4.01. The molecule has 0 aromatic heterocycles. The molecule has 0 spiro atoms. The second-order valence-corrected chi connectivity index (χ2v) is 5.49. The van der Waals surface area contributed by atoms with Crippen LogP contribution in [0, 0.1) is 6.92 Å². The highest BCUT2D eigenvalue weighted by Crippen LogP contribution is 2.27. The summed E-state index contributed by atoms with van der Waals surface area (Å²) >= 11 is 1.93. The average molecular weight is 236 g/mol. The molecule has 0 amide bonds. The van der Waals surface area contributed by atoms with Gasteiger partial charge in [0.2, 0.25) is 0 Å². The largest absolute Gasteiger partial charge is 0.398 e. The predicted molar refractivity (Wildman–Crippen MR) is 72.0 cm³/mol. The Morgan fingerprint density at radius 1 is 1.44 bits per heavy atom. The third-order valence-corrected chi connectivity index (χ3v) is 4.50. The molecule has 3 N–H and O–H groups in total. The van der Waals surface area contributed by atoms with Crippen LogP contribution < -0.4 is 11.1 Å². The molecule has 1 fully saturated rings. The Bertz CT molecular complexity index is 346. The molecule has 2 nitrogen and oxygen atoms in total. The smallest absolute Gasteiger partial charge is 0.0354 e. The SMILES string of the molecule is Cc1c(N)cccc1SCC1CCCCN1. The Balaban J connectivity index is 1.91. The van der Waals surface area contributed by atoms with Crippen LogP contribution in [0.3, 0.4) is 0 Å². The van der Waals surface area contributed by atoms with Crippen molar-refractivity contribution in [3.05, 3.63) is 23.8 Å². The zero-order valence-electron chi connectivity index (χ0n) is 9.83. The van der Waals surface area contributed by atoms with Gasteiger partial charge in [-0.3, -0.25) is 0 Å². The fourth-order valence-corrected chi connectivity index (χ4v) is 3.22. The van der Waals surface area contributed by atoms with Crippen LogP contribution in [0.1, 0.15) is 24.8 Å². The topological polar surface area (TPSA) is 38.0 Å². The first kappa shape index (κ1) is 11.8. The summed E-state index contributed by atoms with van der Waals surface area (Å²) in [5, 5.41) is 3.57. The number of hydrogen-bond acceptors (Lipinski definition) is 3. The highest BCUT2D eigenvalue weighted by atomic mass is 32.2. The lowest BCUT2D eigenvalue weighted by Crippen LogP contribution is -2.35. The van der Waals surface area contributed by atoms with E-state index in [1.165, 1.54) is 36.3 Å². The zero-order chi connectivity index (χ0) is 11.4. The highest BCUT2D eigenvalue weighted by Gasteiger charge is 2.13. The van der Waals surface area contributed by atoms with Crippen LogP contribution in [0.4, 0.5) is 5.69 Å². The molecule has 0 aliphatic carbocycles. The molecule has 1 atom stereocenters. The van der Waals surface area contributed by atoms with Crippen LogP contribution >= 0.6 is 11.8 Å². The van der Waals surface area contributed by atoms with E-state index in [1.54, 1.807) is 0 Å². The minimum atomic E-state index is 0.680. The molecular formula is C13H20N2S. The molecule has 1 saturated heterocycles. The van der Waals surface area contributed by atoms with Gasteiger partial charge in [0.15, 0.2) is 0 Å². The average Bonchev–Trinajstić information content (AvgIpc) is 2.32. The van der Waals surface area contributed by atoms with Crippen molar-refractivity contribution in [3.63, 3.8) is 0 Å². The number of benzene rings is 1. The molecule has 2 rings (SSSR count). The first-order valence-electron chi connectivity index (χ1n) is 5.98. The predicted octanol–water partition coefficient (Wildman–Crippen LogP) is 2.81. The van der Waals surface area contributed by atoms with E-state index in [-0.39, 0.29) is 0 Å². The van der Waals surface area contributed by atoms with Gasteiger partial charge in [-0.05, 0) is 44.0 Å². The van der Waals surface area contributed by atoms with Crippen molar-refractivity contribution in [2.45, 2.75) is 37.1 Å². The third-order valence-electron chi connectivity index (χ3n) is 3.18. The molecule has 1 aliphatic heterocycles. The van der Waals surface area contributed by atoms with Gasteiger partial charge in [0.25, 0.3) is 0 Å². The molecule has 1 aromatic carbocycles. The number of rotatable bonds is 3. The maximum atomic E-state index is 5.90. The van der Waals surface area contributed by atoms with Crippen molar-refractivity contribution in [1.82, 2.24) is 5.32 Å². The van der Waals surface area contributed by atoms with Crippen molar-refractivity contribution < 1.29 is 0 Å². The number of nitrogen functional groups attached to an aromatic ring is 1. The quantitative estimate of drug-likeness (QED) is 0.626. The summed E-state index contributed by atoms with van der Waals surface area (Å²) in [5.41, 5.74) is 8.03. The van der Waals surface area contributed by atoms with E-state index in [1.807, 2.05) is 23.9 Å². The van der Waals surface area contributed by atoms with E-state index in [0.29, 0.717) is 6.04 Å². The van der Waals surface area contributed by atoms with Gasteiger partial charge in [-0.25, -0.2) is 0 Å². The van der Waals surface area contributed by atoms with Crippen molar-refractivity contribution in [2.24, 2.45) is 0 Å². The normalized spacial score (nSPS) is 20.9. The monoisotopic (exact) mass is 236 g/mol. The fraction of sp³-hybridized carbons (Fsp3) is 0.538. The standard InChI is InChI=1S/C13H20N2S/c1-10-12(14)6-4-7-13(10)16-9-11-5-2-3-8-15-11/h4,6-7,11,15H,2-3,5,8-9,14H2,1H3. The van der Waals surface area contributed by atoms with Crippen molar-refractivity contribution in [1.29, 1.82) is 0 Å². The van der Waals surface area contributed by atoms with Crippen LogP contribution in [0.15, 0.2) is 23.1 Å². The lowest BCUT2D eigenvalue weighted by Gasteiger charge is -2.23. The summed E-state index contributed by atoms with van der Waals surface area (Å²) in [5.74, 6) is 1.16. The molecule has 1 heterocycles. The van der Waals surface area contributed by atoms with Crippen LogP contribution in [0.25, 0.3) is 0 Å². The molecule has 16 heavy (non-hydrogen) atoms. The Kier molecular flexibility index (Phi) is 4.13. The van der Waals surface area contributed by atoms with Gasteiger partial charge in [-0.1, -0.05) is 12.5 Å². The lowest BCUT2D eigenvalue weighted by molar-refractivity contribution is 0.430. The number of anilines is 1. The Labute approximate surface area is 102 Å². The van der Waals surface area contributed by atoms with E-state index in [4.69, 9.17) is 5.73 Å². The Morgan fingerprint density at radius 3 is 3.06 bits per heavy atom. The number of piperidine rings is 1. The Morgan fingerprint density at radius 2 is 2.31 bits per heavy atom. The van der Waals surface area contributed by atoms with Crippen molar-refractivity contribution >= 4 is 17.4 Å². The summed E-state index contributed by atoms with van der Waals surface area (Å²) in [7, 11) is 0. The van der Waals surface area contributed by atoms with E-state index >= 15 is 0 Å². The molecular weight excluding hydrogens is 216 g/mol. The second-order valence-electron chi connectivity index (χ2n) is 4.43. The van der Waals surface area contributed by atoms with Crippen molar-refractivity contribution in [3.8, 4) is 0 Å². The van der Waals surface area contributed by atoms with E-state index in [9.17, 15) is 0 Å². The van der Waals surface area contributed by atoms with Gasteiger partial charge in [0.1, 0.15) is 0 Å². The zero-order valence-corrected chi connectivity index (χ0v) is 10.6.